The third-order valence-electron chi connectivity index (χ3n) is 3.12. The lowest BCUT2D eigenvalue weighted by molar-refractivity contribution is 0.273. The van der Waals surface area contributed by atoms with Crippen molar-refractivity contribution in [2.75, 3.05) is 13.7 Å². The first-order chi connectivity index (χ1) is 11.0. The van der Waals surface area contributed by atoms with Crippen molar-refractivity contribution in [3.8, 4) is 11.5 Å². The third-order valence-corrected chi connectivity index (χ3v) is 3.67. The summed E-state index contributed by atoms with van der Waals surface area (Å²) in [6.07, 6.45) is 2.66. The first-order valence-electron chi connectivity index (χ1n) is 7.26. The molecule has 2 rings (SSSR count). The van der Waals surface area contributed by atoms with Crippen LogP contribution in [0, 0.1) is 15.5 Å². The standard InChI is InChI=1S/C15H20N4O2S2/c1-10(2)6-7-21-12-5-4-11(8-13(12)20-3)9-16-19-14(22)17-18-15(19)23/h4-5,8-10H,6-7H2,1-3H3,(H,17,22)(H,18,23)/b16-9-. The monoisotopic (exact) mass is 352 g/mol. The molecule has 124 valence electrons. The molecule has 0 saturated carbocycles. The maximum atomic E-state index is 5.76. The van der Waals surface area contributed by atoms with Crippen LogP contribution in [0.3, 0.4) is 0 Å². The average molecular weight is 352 g/mol. The Balaban J connectivity index is 2.15. The number of nitrogens with one attached hydrogen (secondary N) is 2. The Morgan fingerprint density at radius 3 is 2.52 bits per heavy atom. The number of H-pyrrole nitrogens is 2. The van der Waals surface area contributed by atoms with E-state index in [9.17, 15) is 0 Å². The summed E-state index contributed by atoms with van der Waals surface area (Å²) in [5.41, 5.74) is 0.857. The molecular weight excluding hydrogens is 332 g/mol. The molecule has 0 atom stereocenters. The highest BCUT2D eigenvalue weighted by atomic mass is 32.1. The Morgan fingerprint density at radius 2 is 1.91 bits per heavy atom. The van der Waals surface area contributed by atoms with Gasteiger partial charge < -0.3 is 9.47 Å². The minimum absolute atomic E-state index is 0.409. The van der Waals surface area contributed by atoms with E-state index in [1.165, 1.54) is 4.68 Å². The zero-order chi connectivity index (χ0) is 16.8. The van der Waals surface area contributed by atoms with Crippen LogP contribution in [0.25, 0.3) is 0 Å². The fraction of sp³-hybridized carbons (Fsp3) is 0.400. The molecular formula is C15H20N4O2S2. The van der Waals surface area contributed by atoms with E-state index in [1.807, 2.05) is 18.2 Å². The lowest BCUT2D eigenvalue weighted by Crippen LogP contribution is -2.03. The Bertz CT molecular complexity index is 762. The number of hydrogen-bond donors (Lipinski definition) is 2. The largest absolute Gasteiger partial charge is 0.493 e. The van der Waals surface area contributed by atoms with Crippen LogP contribution in [0.4, 0.5) is 0 Å². The topological polar surface area (TPSA) is 67.3 Å². The zero-order valence-corrected chi connectivity index (χ0v) is 15.0. The maximum Gasteiger partial charge on any atom is 0.215 e. The molecule has 1 aromatic heterocycles. The van der Waals surface area contributed by atoms with Gasteiger partial charge >= 0.3 is 0 Å². The molecule has 0 aliphatic carbocycles. The lowest BCUT2D eigenvalue weighted by Gasteiger charge is -2.12. The molecule has 0 aliphatic heterocycles. The SMILES string of the molecule is COc1cc(/C=N\n2c(=S)[nH][nH]c2=S)ccc1OCCC(C)C. The number of methoxy groups -OCH3 is 1. The quantitative estimate of drug-likeness (QED) is 0.585. The van der Waals surface area contributed by atoms with Crippen molar-refractivity contribution in [3.63, 3.8) is 0 Å². The van der Waals surface area contributed by atoms with Gasteiger partial charge in [0.2, 0.25) is 9.54 Å². The van der Waals surface area contributed by atoms with Crippen LogP contribution in [-0.2, 0) is 0 Å². The molecule has 6 nitrogen and oxygen atoms in total. The van der Waals surface area contributed by atoms with Crippen molar-refractivity contribution in [1.29, 1.82) is 0 Å². The fourth-order valence-electron chi connectivity index (χ4n) is 1.82. The predicted molar refractivity (Wildman–Crippen MR) is 95.7 cm³/mol. The average Bonchev–Trinajstić information content (AvgIpc) is 2.84. The van der Waals surface area contributed by atoms with E-state index in [-0.39, 0.29) is 0 Å². The van der Waals surface area contributed by atoms with Gasteiger partial charge in [-0.1, -0.05) is 13.8 Å². The minimum atomic E-state index is 0.409. The molecule has 0 spiro atoms. The highest BCUT2D eigenvalue weighted by Crippen LogP contribution is 2.27. The molecule has 0 saturated heterocycles. The van der Waals surface area contributed by atoms with Gasteiger partial charge in [0.1, 0.15) is 0 Å². The van der Waals surface area contributed by atoms with E-state index in [1.54, 1.807) is 13.3 Å². The van der Waals surface area contributed by atoms with Crippen LogP contribution in [0.15, 0.2) is 23.3 Å². The van der Waals surface area contributed by atoms with Crippen molar-refractivity contribution < 1.29 is 9.47 Å². The zero-order valence-electron chi connectivity index (χ0n) is 13.3. The number of rotatable bonds is 7. The number of aromatic amines is 2. The number of benzene rings is 1. The van der Waals surface area contributed by atoms with Crippen LogP contribution >= 0.6 is 24.4 Å². The summed E-state index contributed by atoms with van der Waals surface area (Å²) in [5, 5.41) is 9.70. The van der Waals surface area contributed by atoms with Gasteiger partial charge in [0.15, 0.2) is 11.5 Å². The first kappa shape index (κ1) is 17.4. The van der Waals surface area contributed by atoms with Crippen molar-refractivity contribution in [1.82, 2.24) is 14.9 Å². The molecule has 1 heterocycles. The number of hydrogen-bond acceptors (Lipinski definition) is 5. The van der Waals surface area contributed by atoms with Gasteiger partial charge in [-0.05, 0) is 60.5 Å². The summed E-state index contributed by atoms with van der Waals surface area (Å²) in [5.74, 6) is 1.99. The molecule has 0 unspecified atom stereocenters. The van der Waals surface area contributed by atoms with Crippen LogP contribution in [0.5, 0.6) is 11.5 Å². The Morgan fingerprint density at radius 1 is 1.22 bits per heavy atom. The van der Waals surface area contributed by atoms with Crippen molar-refractivity contribution >= 4 is 30.7 Å². The summed E-state index contributed by atoms with van der Waals surface area (Å²) < 4.78 is 13.4. The summed E-state index contributed by atoms with van der Waals surface area (Å²) in [4.78, 5) is 0. The Labute approximate surface area is 145 Å². The number of ether oxygens (including phenoxy) is 2. The van der Waals surface area contributed by atoms with Crippen LogP contribution < -0.4 is 9.47 Å². The van der Waals surface area contributed by atoms with Gasteiger partial charge in [-0.3, -0.25) is 10.2 Å². The van der Waals surface area contributed by atoms with Crippen molar-refractivity contribution in [2.24, 2.45) is 11.0 Å². The maximum absolute atomic E-state index is 5.76. The Kier molecular flexibility index (Phi) is 6.12. The van der Waals surface area contributed by atoms with Gasteiger partial charge in [-0.2, -0.15) is 9.78 Å². The van der Waals surface area contributed by atoms with E-state index >= 15 is 0 Å². The number of nitrogens with zero attached hydrogens (tertiary/aromatic N) is 2. The second kappa shape index (κ2) is 8.07. The highest BCUT2D eigenvalue weighted by molar-refractivity contribution is 7.72. The summed E-state index contributed by atoms with van der Waals surface area (Å²) >= 11 is 10.2. The normalized spacial score (nSPS) is 11.3. The molecule has 23 heavy (non-hydrogen) atoms. The van der Waals surface area contributed by atoms with E-state index in [4.69, 9.17) is 33.9 Å². The Hall–Kier alpha value is -1.93. The van der Waals surface area contributed by atoms with E-state index < -0.39 is 0 Å². The van der Waals surface area contributed by atoms with E-state index in [0.29, 0.717) is 27.8 Å². The fourth-order valence-corrected chi connectivity index (χ4v) is 2.26. The first-order valence-corrected chi connectivity index (χ1v) is 8.07. The van der Waals surface area contributed by atoms with Crippen molar-refractivity contribution in [3.05, 3.63) is 33.3 Å². The molecule has 0 bridgehead atoms. The van der Waals surface area contributed by atoms with E-state index in [2.05, 4.69) is 29.1 Å². The third kappa shape index (κ3) is 4.77. The van der Waals surface area contributed by atoms with E-state index in [0.717, 1.165) is 17.7 Å². The van der Waals surface area contributed by atoms with Gasteiger partial charge in [-0.25, -0.2) is 0 Å². The van der Waals surface area contributed by atoms with Gasteiger partial charge in [-0.15, -0.1) is 0 Å². The van der Waals surface area contributed by atoms with Gasteiger partial charge in [0.25, 0.3) is 0 Å². The molecule has 8 heteroatoms. The molecule has 0 aliphatic rings. The minimum Gasteiger partial charge on any atom is -0.493 e. The van der Waals surface area contributed by atoms with Gasteiger partial charge in [0.05, 0.1) is 19.9 Å². The highest BCUT2D eigenvalue weighted by Gasteiger charge is 2.06. The smallest absolute Gasteiger partial charge is 0.215 e. The van der Waals surface area contributed by atoms with Crippen LogP contribution in [0.2, 0.25) is 0 Å². The second-order valence-corrected chi connectivity index (χ2v) is 6.13. The lowest BCUT2D eigenvalue weighted by atomic mass is 10.1. The van der Waals surface area contributed by atoms with Crippen LogP contribution in [0.1, 0.15) is 25.8 Å². The van der Waals surface area contributed by atoms with Crippen molar-refractivity contribution in [2.45, 2.75) is 20.3 Å². The summed E-state index contributed by atoms with van der Waals surface area (Å²) in [6, 6.07) is 5.63. The number of aromatic nitrogens is 3. The molecule has 0 amide bonds. The second-order valence-electron chi connectivity index (χ2n) is 5.36. The predicted octanol–water partition coefficient (Wildman–Crippen LogP) is 3.92. The molecule has 2 aromatic rings. The molecule has 0 fully saturated rings. The molecule has 1 aromatic carbocycles. The molecule has 0 radical (unpaired) electrons. The van der Waals surface area contributed by atoms with Crippen LogP contribution in [-0.4, -0.2) is 34.8 Å². The summed E-state index contributed by atoms with van der Waals surface area (Å²) in [6.45, 7) is 4.99. The van der Waals surface area contributed by atoms with Gasteiger partial charge in [0, 0.05) is 0 Å². The summed E-state index contributed by atoms with van der Waals surface area (Å²) in [7, 11) is 1.62. The molecule has 2 N–H and O–H groups in total.